The average Bonchev–Trinajstić information content (AvgIpc) is 2.68. The molecule has 0 aliphatic rings. The summed E-state index contributed by atoms with van der Waals surface area (Å²) in [6.07, 6.45) is 0.207. The van der Waals surface area contributed by atoms with Crippen molar-refractivity contribution in [2.45, 2.75) is 19.3 Å². The van der Waals surface area contributed by atoms with Crippen LogP contribution < -0.4 is 10.1 Å². The number of aromatic hydroxyl groups is 1. The molecule has 0 radical (unpaired) electrons. The third kappa shape index (κ3) is 4.47. The summed E-state index contributed by atoms with van der Waals surface area (Å²) in [5.74, 6) is 0.420. The van der Waals surface area contributed by atoms with Gasteiger partial charge in [-0.05, 0) is 36.2 Å². The van der Waals surface area contributed by atoms with Crippen molar-refractivity contribution >= 4 is 11.6 Å². The first-order valence-corrected chi connectivity index (χ1v) is 8.86. The van der Waals surface area contributed by atoms with Gasteiger partial charge in [-0.1, -0.05) is 54.6 Å². The Morgan fingerprint density at radius 1 is 1.04 bits per heavy atom. The van der Waals surface area contributed by atoms with Gasteiger partial charge in [-0.15, -0.1) is 0 Å². The normalized spacial score (nSPS) is 11.6. The van der Waals surface area contributed by atoms with E-state index in [9.17, 15) is 9.90 Å². The minimum atomic E-state index is -0.249. The highest BCUT2D eigenvalue weighted by Gasteiger charge is 2.21. The number of aryl methyl sites for hydroxylation is 1. The molecular formula is C23H23NO3. The number of phenolic OH excluding ortho intramolecular Hbond substituents is 1. The summed E-state index contributed by atoms with van der Waals surface area (Å²) < 4.78 is 5.30. The fraction of sp³-hybridized carbons (Fsp3) is 0.174. The quantitative estimate of drug-likeness (QED) is 0.658. The van der Waals surface area contributed by atoms with Gasteiger partial charge in [0.25, 0.3) is 0 Å². The van der Waals surface area contributed by atoms with Gasteiger partial charge in [0.15, 0.2) is 0 Å². The van der Waals surface area contributed by atoms with Gasteiger partial charge in [-0.3, -0.25) is 4.79 Å². The van der Waals surface area contributed by atoms with Gasteiger partial charge in [0.2, 0.25) is 5.91 Å². The lowest BCUT2D eigenvalue weighted by atomic mass is 9.87. The summed E-state index contributed by atoms with van der Waals surface area (Å²) in [7, 11) is 1.57. The number of benzene rings is 3. The highest BCUT2D eigenvalue weighted by molar-refractivity contribution is 5.93. The average molecular weight is 361 g/mol. The third-order valence-electron chi connectivity index (χ3n) is 4.53. The number of amides is 1. The fourth-order valence-electron chi connectivity index (χ4n) is 3.18. The maximum Gasteiger partial charge on any atom is 0.225 e. The molecule has 4 heteroatoms. The molecule has 1 amide bonds. The van der Waals surface area contributed by atoms with E-state index in [4.69, 9.17) is 4.74 Å². The molecule has 0 aromatic heterocycles. The zero-order valence-electron chi connectivity index (χ0n) is 15.5. The Morgan fingerprint density at radius 3 is 2.44 bits per heavy atom. The van der Waals surface area contributed by atoms with Crippen molar-refractivity contribution in [1.29, 1.82) is 0 Å². The summed E-state index contributed by atoms with van der Waals surface area (Å²) in [6, 6.07) is 22.6. The Kier molecular flexibility index (Phi) is 5.77. The smallest absolute Gasteiger partial charge is 0.225 e. The van der Waals surface area contributed by atoms with Crippen LogP contribution >= 0.6 is 0 Å². The number of ether oxygens (including phenoxy) is 1. The lowest BCUT2D eigenvalue weighted by Gasteiger charge is -2.20. The molecule has 0 aliphatic heterocycles. The number of carbonyl (C=O) groups excluding carboxylic acids is 1. The minimum Gasteiger partial charge on any atom is -0.508 e. The fourth-order valence-corrected chi connectivity index (χ4v) is 3.18. The SMILES string of the molecule is COc1ccccc1NC(=O)C[C@H](c1ccccc1)c1ccc(C)cc1O. The van der Waals surface area contributed by atoms with E-state index in [0.29, 0.717) is 11.4 Å². The van der Waals surface area contributed by atoms with E-state index in [-0.39, 0.29) is 24.0 Å². The molecule has 1 atom stereocenters. The molecule has 0 aliphatic carbocycles. The van der Waals surface area contributed by atoms with Crippen LogP contribution in [0.4, 0.5) is 5.69 Å². The number of anilines is 1. The maximum absolute atomic E-state index is 12.8. The Bertz CT molecular complexity index is 922. The number of hydrogen-bond donors (Lipinski definition) is 2. The van der Waals surface area contributed by atoms with E-state index in [1.54, 1.807) is 25.3 Å². The molecule has 3 aromatic carbocycles. The van der Waals surface area contributed by atoms with Gasteiger partial charge >= 0.3 is 0 Å². The Morgan fingerprint density at radius 2 is 1.74 bits per heavy atom. The summed E-state index contributed by atoms with van der Waals surface area (Å²) in [6.45, 7) is 1.93. The van der Waals surface area contributed by atoms with Crippen molar-refractivity contribution in [2.24, 2.45) is 0 Å². The first-order chi connectivity index (χ1) is 13.1. The molecule has 3 rings (SSSR count). The zero-order chi connectivity index (χ0) is 19.2. The minimum absolute atomic E-state index is 0.145. The zero-order valence-corrected chi connectivity index (χ0v) is 15.5. The van der Waals surface area contributed by atoms with Crippen LogP contribution in [0, 0.1) is 6.92 Å². The van der Waals surface area contributed by atoms with Crippen molar-refractivity contribution in [1.82, 2.24) is 0 Å². The summed E-state index contributed by atoms with van der Waals surface area (Å²) in [5, 5.41) is 13.4. The second-order valence-corrected chi connectivity index (χ2v) is 6.48. The second kappa shape index (κ2) is 8.41. The number of nitrogens with one attached hydrogen (secondary N) is 1. The monoisotopic (exact) mass is 361 g/mol. The molecule has 2 N–H and O–H groups in total. The summed E-state index contributed by atoms with van der Waals surface area (Å²) in [4.78, 5) is 12.8. The predicted molar refractivity (Wildman–Crippen MR) is 107 cm³/mol. The van der Waals surface area contributed by atoms with Gasteiger partial charge in [0.1, 0.15) is 11.5 Å². The lowest BCUT2D eigenvalue weighted by molar-refractivity contribution is -0.116. The van der Waals surface area contributed by atoms with Gasteiger partial charge < -0.3 is 15.2 Å². The standard InChI is InChI=1S/C23H23NO3/c1-16-12-13-18(21(25)14-16)19(17-8-4-3-5-9-17)15-23(26)24-20-10-6-7-11-22(20)27-2/h3-14,19,25H,15H2,1-2H3,(H,24,26)/t19-/m1/s1. The van der Waals surface area contributed by atoms with Gasteiger partial charge in [-0.25, -0.2) is 0 Å². The number of rotatable bonds is 6. The van der Waals surface area contributed by atoms with Gasteiger partial charge in [0.05, 0.1) is 12.8 Å². The highest BCUT2D eigenvalue weighted by atomic mass is 16.5. The van der Waals surface area contributed by atoms with E-state index < -0.39 is 0 Å². The van der Waals surface area contributed by atoms with Crippen molar-refractivity contribution in [2.75, 3.05) is 12.4 Å². The molecule has 0 saturated carbocycles. The first kappa shape index (κ1) is 18.5. The van der Waals surface area contributed by atoms with Crippen LogP contribution in [0.15, 0.2) is 72.8 Å². The van der Waals surface area contributed by atoms with Crippen LogP contribution in [-0.4, -0.2) is 18.1 Å². The number of phenols is 1. The molecule has 0 bridgehead atoms. The Hall–Kier alpha value is -3.27. The summed E-state index contributed by atoms with van der Waals surface area (Å²) in [5.41, 5.74) is 3.32. The number of carbonyl (C=O) groups is 1. The highest BCUT2D eigenvalue weighted by Crippen LogP contribution is 2.35. The summed E-state index contributed by atoms with van der Waals surface area (Å²) >= 11 is 0. The van der Waals surface area contributed by atoms with Crippen LogP contribution in [0.5, 0.6) is 11.5 Å². The molecule has 3 aromatic rings. The molecule has 0 saturated heterocycles. The van der Waals surface area contributed by atoms with Gasteiger partial charge in [-0.2, -0.15) is 0 Å². The topological polar surface area (TPSA) is 58.6 Å². The molecule has 138 valence electrons. The largest absolute Gasteiger partial charge is 0.508 e. The van der Waals surface area contributed by atoms with Crippen LogP contribution in [0.2, 0.25) is 0 Å². The third-order valence-corrected chi connectivity index (χ3v) is 4.53. The molecule has 0 fully saturated rings. The van der Waals surface area contributed by atoms with Crippen LogP contribution in [0.1, 0.15) is 29.0 Å². The van der Waals surface area contributed by atoms with Gasteiger partial charge in [0, 0.05) is 17.9 Å². The Labute approximate surface area is 159 Å². The van der Waals surface area contributed by atoms with Crippen LogP contribution in [0.3, 0.4) is 0 Å². The number of methoxy groups -OCH3 is 1. The lowest BCUT2D eigenvalue weighted by Crippen LogP contribution is -2.17. The molecule has 4 nitrogen and oxygen atoms in total. The van der Waals surface area contributed by atoms with E-state index >= 15 is 0 Å². The molecule has 0 heterocycles. The second-order valence-electron chi connectivity index (χ2n) is 6.48. The van der Waals surface area contributed by atoms with Crippen molar-refractivity contribution in [3.63, 3.8) is 0 Å². The molecule has 27 heavy (non-hydrogen) atoms. The predicted octanol–water partition coefficient (Wildman–Crippen LogP) is 4.87. The van der Waals surface area contributed by atoms with Crippen LogP contribution in [0.25, 0.3) is 0 Å². The Balaban J connectivity index is 1.88. The van der Waals surface area contributed by atoms with Crippen molar-refractivity contribution in [3.05, 3.63) is 89.5 Å². The van der Waals surface area contributed by atoms with E-state index in [2.05, 4.69) is 5.32 Å². The van der Waals surface area contributed by atoms with E-state index in [0.717, 1.165) is 16.7 Å². The molecule has 0 unspecified atom stereocenters. The van der Waals surface area contributed by atoms with Crippen LogP contribution in [-0.2, 0) is 4.79 Å². The van der Waals surface area contributed by atoms with E-state index in [1.165, 1.54) is 0 Å². The molecule has 0 spiro atoms. The van der Waals surface area contributed by atoms with Crippen molar-refractivity contribution < 1.29 is 14.6 Å². The number of hydrogen-bond acceptors (Lipinski definition) is 3. The molecular weight excluding hydrogens is 338 g/mol. The van der Waals surface area contributed by atoms with E-state index in [1.807, 2.05) is 61.5 Å². The maximum atomic E-state index is 12.8. The first-order valence-electron chi connectivity index (χ1n) is 8.86. The van der Waals surface area contributed by atoms with Crippen molar-refractivity contribution in [3.8, 4) is 11.5 Å². The number of para-hydroxylation sites is 2.